The molecule has 2 aliphatic heterocycles. The third-order valence-electron chi connectivity index (χ3n) is 3.95. The smallest absolute Gasteiger partial charge is 0.193 e. The maximum Gasteiger partial charge on any atom is 0.193 e. The molecule has 8 nitrogen and oxygen atoms in total. The van der Waals surface area contributed by atoms with Gasteiger partial charge in [-0.25, -0.2) is 5.01 Å². The minimum absolute atomic E-state index is 0.212. The lowest BCUT2D eigenvalue weighted by Gasteiger charge is -2.39. The second kappa shape index (κ2) is 5.88. The van der Waals surface area contributed by atoms with Crippen LogP contribution in [0, 0.1) is 11.3 Å². The normalized spacial score (nSPS) is 41.0. The summed E-state index contributed by atoms with van der Waals surface area (Å²) in [4.78, 5) is 0. The average molecular weight is 304 g/mol. The van der Waals surface area contributed by atoms with Gasteiger partial charge in [0, 0.05) is 17.9 Å². The first kappa shape index (κ1) is 15.5. The minimum atomic E-state index is -0.813. The highest BCUT2D eigenvalue weighted by Gasteiger charge is 2.56. The fourth-order valence-electron chi connectivity index (χ4n) is 2.66. The van der Waals surface area contributed by atoms with E-state index >= 15 is 0 Å². The Morgan fingerprint density at radius 2 is 2.20 bits per heavy atom. The average Bonchev–Trinajstić information content (AvgIpc) is 2.72. The third-order valence-corrected chi connectivity index (χ3v) is 4.26. The Morgan fingerprint density at radius 1 is 1.50 bits per heavy atom. The van der Waals surface area contributed by atoms with Crippen LogP contribution in [-0.4, -0.2) is 70.0 Å². The van der Waals surface area contributed by atoms with Gasteiger partial charge in [0.2, 0.25) is 0 Å². The fraction of sp³-hybridized carbons (Fsp3) is 0.818. The van der Waals surface area contributed by atoms with E-state index in [-0.39, 0.29) is 24.9 Å². The molecular formula is C11H20N4O4S. The van der Waals surface area contributed by atoms with Crippen molar-refractivity contribution in [2.24, 2.45) is 22.2 Å². The van der Waals surface area contributed by atoms with Gasteiger partial charge in [0.1, 0.15) is 6.17 Å². The fourth-order valence-corrected chi connectivity index (χ4v) is 2.94. The second-order valence-electron chi connectivity index (χ2n) is 5.25. The van der Waals surface area contributed by atoms with E-state index in [1.165, 1.54) is 11.2 Å². The summed E-state index contributed by atoms with van der Waals surface area (Å²) < 4.78 is 5.74. The molecule has 5 unspecified atom stereocenters. The van der Waals surface area contributed by atoms with Crippen molar-refractivity contribution in [3.05, 3.63) is 0 Å². The SMILES string of the molecule is CC1(CO)C(CO)C(CO)OC1N1N=CC(N)NC1=S. The zero-order valence-electron chi connectivity index (χ0n) is 11.1. The zero-order valence-corrected chi connectivity index (χ0v) is 12.0. The first-order valence-corrected chi connectivity index (χ1v) is 6.76. The third kappa shape index (κ3) is 2.41. The van der Waals surface area contributed by atoms with E-state index in [2.05, 4.69) is 10.4 Å². The van der Waals surface area contributed by atoms with Gasteiger partial charge >= 0.3 is 0 Å². The summed E-state index contributed by atoms with van der Waals surface area (Å²) in [7, 11) is 0. The van der Waals surface area contributed by atoms with E-state index in [1.807, 2.05) is 0 Å². The molecule has 0 aromatic carbocycles. The van der Waals surface area contributed by atoms with Crippen molar-refractivity contribution in [2.45, 2.75) is 25.4 Å². The Labute approximate surface area is 122 Å². The summed E-state index contributed by atoms with van der Waals surface area (Å²) in [5.74, 6) is -0.420. The second-order valence-corrected chi connectivity index (χ2v) is 5.63. The van der Waals surface area contributed by atoms with Crippen LogP contribution in [0.2, 0.25) is 0 Å². The lowest BCUT2D eigenvalue weighted by molar-refractivity contribution is -0.0824. The quantitative estimate of drug-likeness (QED) is 0.370. The Balaban J connectivity index is 2.30. The van der Waals surface area contributed by atoms with Gasteiger partial charge in [0.05, 0.1) is 25.5 Å². The van der Waals surface area contributed by atoms with Gasteiger partial charge in [-0.3, -0.25) is 0 Å². The lowest BCUT2D eigenvalue weighted by Crippen LogP contribution is -2.58. The van der Waals surface area contributed by atoms with Gasteiger partial charge in [0.15, 0.2) is 11.3 Å². The van der Waals surface area contributed by atoms with E-state index in [9.17, 15) is 15.3 Å². The Kier molecular flexibility index (Phi) is 4.57. The topological polar surface area (TPSA) is 124 Å². The summed E-state index contributed by atoms with van der Waals surface area (Å²) in [6.45, 7) is 1.06. The molecule has 0 aromatic heterocycles. The van der Waals surface area contributed by atoms with Crippen LogP contribution in [0.25, 0.3) is 0 Å². The summed E-state index contributed by atoms with van der Waals surface area (Å²) in [6, 6.07) is 0. The molecule has 2 heterocycles. The highest BCUT2D eigenvalue weighted by molar-refractivity contribution is 7.80. The number of hydrogen-bond acceptors (Lipinski definition) is 7. The first-order valence-electron chi connectivity index (χ1n) is 6.35. The summed E-state index contributed by atoms with van der Waals surface area (Å²) in [6.07, 6.45) is -0.277. The van der Waals surface area contributed by atoms with Crippen molar-refractivity contribution >= 4 is 23.5 Å². The van der Waals surface area contributed by atoms with Gasteiger partial charge in [-0.05, 0) is 12.2 Å². The van der Waals surface area contributed by atoms with E-state index in [1.54, 1.807) is 6.92 Å². The molecule has 114 valence electrons. The molecule has 0 saturated carbocycles. The lowest BCUT2D eigenvalue weighted by atomic mass is 9.76. The van der Waals surface area contributed by atoms with E-state index in [0.29, 0.717) is 0 Å². The molecule has 0 bridgehead atoms. The Morgan fingerprint density at radius 3 is 2.70 bits per heavy atom. The van der Waals surface area contributed by atoms with Crippen LogP contribution < -0.4 is 11.1 Å². The van der Waals surface area contributed by atoms with Crippen LogP contribution in [0.5, 0.6) is 0 Å². The molecule has 1 saturated heterocycles. The molecule has 0 spiro atoms. The number of ether oxygens (including phenoxy) is 1. The van der Waals surface area contributed by atoms with Crippen LogP contribution in [0.15, 0.2) is 5.10 Å². The van der Waals surface area contributed by atoms with E-state index in [0.717, 1.165) is 0 Å². The van der Waals surface area contributed by atoms with Gasteiger partial charge in [-0.1, -0.05) is 6.92 Å². The predicted molar refractivity (Wildman–Crippen MR) is 75.6 cm³/mol. The molecule has 0 aromatic rings. The summed E-state index contributed by atoms with van der Waals surface area (Å²) in [5.41, 5.74) is 4.84. The van der Waals surface area contributed by atoms with Crippen molar-refractivity contribution in [2.75, 3.05) is 19.8 Å². The molecule has 9 heteroatoms. The summed E-state index contributed by atoms with van der Waals surface area (Å²) >= 11 is 5.18. The number of nitrogens with two attached hydrogens (primary N) is 1. The number of nitrogens with one attached hydrogen (secondary N) is 1. The van der Waals surface area contributed by atoms with Crippen LogP contribution in [0.4, 0.5) is 0 Å². The first-order chi connectivity index (χ1) is 9.47. The summed E-state index contributed by atoms with van der Waals surface area (Å²) in [5, 5.41) is 37.3. The van der Waals surface area contributed by atoms with Gasteiger partial charge in [-0.2, -0.15) is 5.10 Å². The van der Waals surface area contributed by atoms with E-state index < -0.39 is 29.8 Å². The molecule has 2 rings (SSSR count). The minimum Gasteiger partial charge on any atom is -0.396 e. The number of aliphatic hydroxyl groups is 3. The molecule has 0 radical (unpaired) electrons. The molecule has 20 heavy (non-hydrogen) atoms. The van der Waals surface area contributed by atoms with Crippen LogP contribution >= 0.6 is 12.2 Å². The maximum atomic E-state index is 9.74. The number of rotatable bonds is 4. The number of hydrogen-bond donors (Lipinski definition) is 5. The highest BCUT2D eigenvalue weighted by atomic mass is 32.1. The van der Waals surface area contributed by atoms with Crippen LogP contribution in [0.1, 0.15) is 6.92 Å². The molecule has 1 fully saturated rings. The largest absolute Gasteiger partial charge is 0.396 e. The van der Waals surface area contributed by atoms with Crippen molar-refractivity contribution in [1.29, 1.82) is 0 Å². The van der Waals surface area contributed by atoms with Gasteiger partial charge < -0.3 is 31.1 Å². The number of aliphatic hydroxyl groups excluding tert-OH is 3. The molecule has 5 atom stereocenters. The Hall–Kier alpha value is -0.840. The van der Waals surface area contributed by atoms with Crippen molar-refractivity contribution in [3.63, 3.8) is 0 Å². The number of thiocarbonyl (C=S) groups is 1. The molecule has 2 aliphatic rings. The molecule has 0 amide bonds. The maximum absolute atomic E-state index is 9.74. The molecular weight excluding hydrogens is 284 g/mol. The number of hydrazone groups is 1. The zero-order chi connectivity index (χ0) is 14.9. The van der Waals surface area contributed by atoms with Gasteiger partial charge in [-0.15, -0.1) is 0 Å². The van der Waals surface area contributed by atoms with E-state index in [4.69, 9.17) is 22.7 Å². The predicted octanol–water partition coefficient (Wildman–Crippen LogP) is -2.23. The Bertz CT molecular complexity index is 410. The van der Waals surface area contributed by atoms with Gasteiger partial charge in [0.25, 0.3) is 0 Å². The van der Waals surface area contributed by atoms with Crippen molar-refractivity contribution in [1.82, 2.24) is 10.3 Å². The number of nitrogens with zero attached hydrogens (tertiary/aromatic N) is 2. The van der Waals surface area contributed by atoms with Crippen LogP contribution in [-0.2, 0) is 4.74 Å². The van der Waals surface area contributed by atoms with Crippen molar-refractivity contribution < 1.29 is 20.1 Å². The molecule has 0 aliphatic carbocycles. The van der Waals surface area contributed by atoms with Crippen molar-refractivity contribution in [3.8, 4) is 0 Å². The highest BCUT2D eigenvalue weighted by Crippen LogP contribution is 2.44. The monoisotopic (exact) mass is 304 g/mol. The van der Waals surface area contributed by atoms with Crippen LogP contribution in [0.3, 0.4) is 0 Å². The molecule has 6 N–H and O–H groups in total. The standard InChI is InChI=1S/C11H20N4O4S/c1-11(5-18)6(3-16)7(4-17)19-9(11)15-10(20)14-8(12)2-13-15/h2,6-9,16-18H,3-5,12H2,1H3,(H,14,20).